The molecule has 1 aromatic carbocycles. The molecule has 0 bridgehead atoms. The number of pyridine rings is 1. The van der Waals surface area contributed by atoms with E-state index in [4.69, 9.17) is 23.2 Å². The lowest BCUT2D eigenvalue weighted by Crippen LogP contribution is -2.23. The van der Waals surface area contributed by atoms with Crippen molar-refractivity contribution in [3.05, 3.63) is 68.1 Å². The number of benzene rings is 1. The maximum Gasteiger partial charge on any atom is 0.267 e. The first-order chi connectivity index (χ1) is 12.5. The van der Waals surface area contributed by atoms with E-state index in [1.807, 2.05) is 24.3 Å². The molecule has 0 saturated carbocycles. The second-order valence-corrected chi connectivity index (χ2v) is 8.04. The van der Waals surface area contributed by atoms with E-state index in [0.717, 1.165) is 28.2 Å². The molecule has 1 saturated heterocycles. The number of carbonyl (C=O) groups excluding carboxylic acids is 1. The Hall–Kier alpha value is -1.69. The van der Waals surface area contributed by atoms with Gasteiger partial charge in [0, 0.05) is 28.6 Å². The highest BCUT2D eigenvalue weighted by Gasteiger charge is 2.20. The van der Waals surface area contributed by atoms with Crippen molar-refractivity contribution < 1.29 is 4.79 Å². The molecular weight excluding hydrogens is 391 g/mol. The highest BCUT2D eigenvalue weighted by molar-refractivity contribution is 7.99. The maximum absolute atomic E-state index is 12.0. The van der Waals surface area contributed by atoms with Crippen molar-refractivity contribution in [1.29, 1.82) is 0 Å². The van der Waals surface area contributed by atoms with E-state index in [0.29, 0.717) is 17.1 Å². The number of amides is 1. The van der Waals surface area contributed by atoms with Crippen LogP contribution in [0.15, 0.2) is 46.1 Å². The predicted molar refractivity (Wildman–Crippen MR) is 108 cm³/mol. The molecule has 1 aliphatic heterocycles. The van der Waals surface area contributed by atoms with Gasteiger partial charge < -0.3 is 10.3 Å². The third-order valence-electron chi connectivity index (χ3n) is 4.09. The third kappa shape index (κ3) is 4.34. The highest BCUT2D eigenvalue weighted by atomic mass is 35.5. The zero-order valence-electron chi connectivity index (χ0n) is 14.1. The van der Waals surface area contributed by atoms with Crippen LogP contribution in [0.2, 0.25) is 10.0 Å². The molecule has 0 unspecified atom stereocenters. The van der Waals surface area contributed by atoms with Crippen molar-refractivity contribution in [2.24, 2.45) is 0 Å². The molecule has 7 heteroatoms. The summed E-state index contributed by atoms with van der Waals surface area (Å²) in [5.74, 6) is 0.961. The zero-order valence-corrected chi connectivity index (χ0v) is 16.5. The quantitative estimate of drug-likeness (QED) is 0.715. The van der Waals surface area contributed by atoms with Gasteiger partial charge in [-0.05, 0) is 42.0 Å². The summed E-state index contributed by atoms with van der Waals surface area (Å²) in [5, 5.41) is 3.72. The lowest BCUT2D eigenvalue weighted by atomic mass is 9.99. The summed E-state index contributed by atoms with van der Waals surface area (Å²) in [7, 11) is 0. The first kappa shape index (κ1) is 19.1. The van der Waals surface area contributed by atoms with Crippen LogP contribution < -0.4 is 10.9 Å². The molecule has 26 heavy (non-hydrogen) atoms. The summed E-state index contributed by atoms with van der Waals surface area (Å²) in [6, 6.07) is 9.07. The van der Waals surface area contributed by atoms with Crippen molar-refractivity contribution in [1.82, 2.24) is 10.3 Å². The summed E-state index contributed by atoms with van der Waals surface area (Å²) in [6.07, 6.45) is 3.18. The van der Waals surface area contributed by atoms with Gasteiger partial charge in [-0.3, -0.25) is 9.59 Å². The van der Waals surface area contributed by atoms with Gasteiger partial charge in [-0.15, -0.1) is 11.8 Å². The minimum atomic E-state index is -0.352. The van der Waals surface area contributed by atoms with Crippen LogP contribution in [0.3, 0.4) is 0 Å². The van der Waals surface area contributed by atoms with Crippen LogP contribution in [0.25, 0.3) is 5.57 Å². The number of thioether (sulfide) groups is 1. The molecule has 1 aliphatic rings. The van der Waals surface area contributed by atoms with Crippen molar-refractivity contribution >= 4 is 46.4 Å². The fourth-order valence-corrected chi connectivity index (χ4v) is 3.99. The molecule has 1 fully saturated rings. The van der Waals surface area contributed by atoms with Gasteiger partial charge in [-0.2, -0.15) is 0 Å². The molecule has 2 N–H and O–H groups in total. The molecule has 1 amide bonds. The van der Waals surface area contributed by atoms with Crippen molar-refractivity contribution in [2.45, 2.75) is 30.7 Å². The molecule has 136 valence electrons. The first-order valence-electron chi connectivity index (χ1n) is 8.31. The van der Waals surface area contributed by atoms with E-state index in [9.17, 15) is 9.59 Å². The van der Waals surface area contributed by atoms with Gasteiger partial charge in [0.1, 0.15) is 5.02 Å². The molecule has 2 aromatic rings. The van der Waals surface area contributed by atoms with E-state index in [1.54, 1.807) is 23.9 Å². The number of H-pyrrole nitrogens is 1. The fourth-order valence-electron chi connectivity index (χ4n) is 2.86. The highest BCUT2D eigenvalue weighted by Crippen LogP contribution is 2.32. The number of halogens is 2. The van der Waals surface area contributed by atoms with Gasteiger partial charge in [-0.1, -0.05) is 42.3 Å². The van der Waals surface area contributed by atoms with Crippen LogP contribution in [0.1, 0.15) is 31.0 Å². The van der Waals surface area contributed by atoms with Crippen LogP contribution in [0, 0.1) is 0 Å². The first-order valence-corrected chi connectivity index (χ1v) is 10.0. The Morgan fingerprint density at radius 1 is 1.23 bits per heavy atom. The Morgan fingerprint density at radius 2 is 2.04 bits per heavy atom. The second kappa shape index (κ2) is 8.33. The molecule has 0 spiro atoms. The molecular formula is C19H18Cl2N2O2S. The summed E-state index contributed by atoms with van der Waals surface area (Å²) >= 11 is 14.0. The Kier molecular flexibility index (Phi) is 6.12. The predicted octanol–water partition coefficient (Wildman–Crippen LogP) is 4.50. The molecule has 1 atom stereocenters. The SMILES string of the molecule is CCSc1ccc(C(=C[C@H]2CCC(=O)N2)c2ccc(Cl)c(=O)[nH]2)cc1Cl. The molecule has 1 aromatic heterocycles. The van der Waals surface area contributed by atoms with Crippen LogP contribution >= 0.6 is 35.0 Å². The molecule has 0 radical (unpaired) electrons. The van der Waals surface area contributed by atoms with E-state index in [1.165, 1.54) is 0 Å². The largest absolute Gasteiger partial charge is 0.350 e. The Labute approximate surface area is 166 Å². The van der Waals surface area contributed by atoms with Crippen molar-refractivity contribution in [3.8, 4) is 0 Å². The van der Waals surface area contributed by atoms with Crippen LogP contribution in [-0.2, 0) is 4.79 Å². The number of hydrogen-bond donors (Lipinski definition) is 2. The number of rotatable bonds is 5. The zero-order chi connectivity index (χ0) is 18.7. The van der Waals surface area contributed by atoms with Gasteiger partial charge in [0.05, 0.1) is 5.02 Å². The number of hydrogen-bond acceptors (Lipinski definition) is 3. The molecule has 4 nitrogen and oxygen atoms in total. The fraction of sp³-hybridized carbons (Fsp3) is 0.263. The van der Waals surface area contributed by atoms with Crippen LogP contribution in [-0.4, -0.2) is 22.7 Å². The standard InChI is InChI=1S/C19H18Cl2N2O2S/c1-2-26-17-7-3-11(9-15(17)21)13(10-12-4-8-18(24)22-12)16-6-5-14(20)19(25)23-16/h3,5-7,9-10,12H,2,4,8H2,1H3,(H,22,24)(H,23,25)/t12-/m1/s1. The third-order valence-corrected chi connectivity index (χ3v) is 5.77. The Bertz CT molecular complexity index is 924. The molecule has 2 heterocycles. The van der Waals surface area contributed by atoms with Crippen LogP contribution in [0.5, 0.6) is 0 Å². The Balaban J connectivity index is 2.06. The monoisotopic (exact) mass is 408 g/mol. The van der Waals surface area contributed by atoms with Gasteiger partial charge in [0.2, 0.25) is 5.91 Å². The average Bonchev–Trinajstić information content (AvgIpc) is 3.02. The number of carbonyl (C=O) groups is 1. The Morgan fingerprint density at radius 3 is 2.65 bits per heavy atom. The second-order valence-electron chi connectivity index (χ2n) is 5.92. The summed E-state index contributed by atoms with van der Waals surface area (Å²) in [4.78, 5) is 27.3. The number of aromatic amines is 1. The van der Waals surface area contributed by atoms with E-state index >= 15 is 0 Å². The van der Waals surface area contributed by atoms with Crippen LogP contribution in [0.4, 0.5) is 0 Å². The normalized spacial score (nSPS) is 17.4. The van der Waals surface area contributed by atoms with Gasteiger partial charge in [-0.25, -0.2) is 0 Å². The average molecular weight is 409 g/mol. The summed E-state index contributed by atoms with van der Waals surface area (Å²) in [5.41, 5.74) is 1.96. The van der Waals surface area contributed by atoms with E-state index in [-0.39, 0.29) is 22.5 Å². The minimum absolute atomic E-state index is 0.0305. The lowest BCUT2D eigenvalue weighted by molar-refractivity contribution is -0.119. The lowest BCUT2D eigenvalue weighted by Gasteiger charge is -2.13. The smallest absolute Gasteiger partial charge is 0.267 e. The van der Waals surface area contributed by atoms with Gasteiger partial charge in [0.25, 0.3) is 5.56 Å². The topological polar surface area (TPSA) is 62.0 Å². The van der Waals surface area contributed by atoms with Crippen molar-refractivity contribution in [3.63, 3.8) is 0 Å². The van der Waals surface area contributed by atoms with E-state index < -0.39 is 0 Å². The summed E-state index contributed by atoms with van der Waals surface area (Å²) in [6.45, 7) is 2.07. The molecule has 3 rings (SSSR count). The van der Waals surface area contributed by atoms with Gasteiger partial charge in [0.15, 0.2) is 0 Å². The maximum atomic E-state index is 12.0. The van der Waals surface area contributed by atoms with E-state index in [2.05, 4.69) is 17.2 Å². The summed E-state index contributed by atoms with van der Waals surface area (Å²) < 4.78 is 0. The molecule has 0 aliphatic carbocycles. The number of aromatic nitrogens is 1. The van der Waals surface area contributed by atoms with Gasteiger partial charge >= 0.3 is 0 Å². The van der Waals surface area contributed by atoms with Crippen molar-refractivity contribution in [2.75, 3.05) is 5.75 Å². The number of nitrogens with one attached hydrogen (secondary N) is 2. The minimum Gasteiger partial charge on any atom is -0.350 e.